The summed E-state index contributed by atoms with van der Waals surface area (Å²) >= 11 is 5.74. The molecule has 0 aromatic carbocycles. The van der Waals surface area contributed by atoms with E-state index < -0.39 is 0 Å². The monoisotopic (exact) mass is 253 g/mol. The molecule has 4 nitrogen and oxygen atoms in total. The summed E-state index contributed by atoms with van der Waals surface area (Å²) < 4.78 is 5.83. The van der Waals surface area contributed by atoms with Gasteiger partial charge in [-0.2, -0.15) is 0 Å². The van der Waals surface area contributed by atoms with Crippen LogP contribution in [0, 0.1) is 0 Å². The predicted molar refractivity (Wildman–Crippen MR) is 65.3 cm³/mol. The Kier molecular flexibility index (Phi) is 2.92. The number of aromatic nitrogens is 2. The van der Waals surface area contributed by atoms with E-state index >= 15 is 0 Å². The summed E-state index contributed by atoms with van der Waals surface area (Å²) in [5.74, 6) is 0. The van der Waals surface area contributed by atoms with E-state index in [9.17, 15) is 0 Å². The fourth-order valence-corrected chi connectivity index (χ4v) is 3.07. The molecule has 5 heteroatoms. The maximum absolute atomic E-state index is 5.83. The molecular formula is C12H16ClN3O. The SMILES string of the molecule is CN1C2CCC1CC(Oc1ncc(Cl)cn1)C2. The quantitative estimate of drug-likeness (QED) is 0.809. The van der Waals surface area contributed by atoms with Crippen molar-refractivity contribution in [3.63, 3.8) is 0 Å². The van der Waals surface area contributed by atoms with E-state index in [1.54, 1.807) is 12.4 Å². The number of piperidine rings is 1. The smallest absolute Gasteiger partial charge is 0.316 e. The Morgan fingerprint density at radius 3 is 2.41 bits per heavy atom. The van der Waals surface area contributed by atoms with Gasteiger partial charge in [-0.05, 0) is 19.9 Å². The predicted octanol–water partition coefficient (Wildman–Crippen LogP) is 2.13. The minimum atomic E-state index is 0.255. The standard InChI is InChI=1S/C12H16ClN3O/c1-16-9-2-3-10(16)5-11(4-9)17-12-14-6-8(13)7-15-12/h6-7,9-11H,2-5H2,1H3. The lowest BCUT2D eigenvalue weighted by molar-refractivity contribution is 0.0600. The highest BCUT2D eigenvalue weighted by Gasteiger charge is 2.39. The Hall–Kier alpha value is -0.870. The summed E-state index contributed by atoms with van der Waals surface area (Å²) in [5.41, 5.74) is 0. The average molecular weight is 254 g/mol. The van der Waals surface area contributed by atoms with Gasteiger partial charge >= 0.3 is 6.01 Å². The van der Waals surface area contributed by atoms with Crippen LogP contribution in [-0.2, 0) is 0 Å². The molecule has 0 spiro atoms. The maximum atomic E-state index is 5.83. The van der Waals surface area contributed by atoms with Crippen LogP contribution in [0.1, 0.15) is 25.7 Å². The first kappa shape index (κ1) is 11.2. The number of nitrogens with zero attached hydrogens (tertiary/aromatic N) is 3. The second kappa shape index (κ2) is 4.42. The van der Waals surface area contributed by atoms with Crippen molar-refractivity contribution in [2.24, 2.45) is 0 Å². The second-order valence-corrected chi connectivity index (χ2v) is 5.38. The summed E-state index contributed by atoms with van der Waals surface area (Å²) in [6, 6.07) is 1.79. The van der Waals surface area contributed by atoms with Crippen LogP contribution in [0.2, 0.25) is 5.02 Å². The summed E-state index contributed by atoms with van der Waals surface area (Å²) in [5, 5.41) is 0.542. The van der Waals surface area contributed by atoms with Crippen molar-refractivity contribution in [3.05, 3.63) is 17.4 Å². The first-order chi connectivity index (χ1) is 8.22. The lowest BCUT2D eigenvalue weighted by Crippen LogP contribution is -2.44. The Bertz CT molecular complexity index is 383. The molecule has 2 unspecified atom stereocenters. The number of halogens is 1. The highest BCUT2D eigenvalue weighted by Crippen LogP contribution is 2.35. The van der Waals surface area contributed by atoms with Gasteiger partial charge in [-0.15, -0.1) is 0 Å². The molecule has 1 aromatic rings. The topological polar surface area (TPSA) is 38.2 Å². The van der Waals surface area contributed by atoms with Crippen molar-refractivity contribution in [2.45, 2.75) is 43.9 Å². The Morgan fingerprint density at radius 1 is 1.24 bits per heavy atom. The normalized spacial score (nSPS) is 32.7. The van der Waals surface area contributed by atoms with Crippen molar-refractivity contribution >= 4 is 11.6 Å². The Labute approximate surface area is 106 Å². The van der Waals surface area contributed by atoms with Crippen LogP contribution in [0.5, 0.6) is 6.01 Å². The average Bonchev–Trinajstić information content (AvgIpc) is 2.55. The number of ether oxygens (including phenoxy) is 1. The van der Waals surface area contributed by atoms with Crippen molar-refractivity contribution in [1.29, 1.82) is 0 Å². The van der Waals surface area contributed by atoms with Gasteiger partial charge in [0.25, 0.3) is 0 Å². The van der Waals surface area contributed by atoms with Crippen LogP contribution in [0.4, 0.5) is 0 Å². The van der Waals surface area contributed by atoms with Crippen molar-refractivity contribution in [2.75, 3.05) is 7.05 Å². The molecule has 0 aliphatic carbocycles. The molecule has 2 fully saturated rings. The van der Waals surface area contributed by atoms with E-state index in [1.807, 2.05) is 0 Å². The summed E-state index contributed by atoms with van der Waals surface area (Å²) in [6.07, 6.45) is 8.16. The first-order valence-corrected chi connectivity index (χ1v) is 6.46. The summed E-state index contributed by atoms with van der Waals surface area (Å²) in [7, 11) is 2.22. The number of rotatable bonds is 2. The number of fused-ring (bicyclic) bond motifs is 2. The van der Waals surface area contributed by atoms with E-state index in [4.69, 9.17) is 16.3 Å². The van der Waals surface area contributed by atoms with Gasteiger partial charge in [-0.3, -0.25) is 0 Å². The molecule has 3 rings (SSSR count). The third-order valence-electron chi connectivity index (χ3n) is 3.92. The molecule has 1 aromatic heterocycles. The molecule has 2 atom stereocenters. The zero-order valence-corrected chi connectivity index (χ0v) is 10.6. The molecule has 0 amide bonds. The first-order valence-electron chi connectivity index (χ1n) is 6.08. The van der Waals surface area contributed by atoms with Gasteiger partial charge in [0.05, 0.1) is 17.4 Å². The van der Waals surface area contributed by atoms with Crippen LogP contribution in [0.15, 0.2) is 12.4 Å². The highest BCUT2D eigenvalue weighted by atomic mass is 35.5. The fraction of sp³-hybridized carbons (Fsp3) is 0.667. The van der Waals surface area contributed by atoms with E-state index in [0.717, 1.165) is 12.8 Å². The largest absolute Gasteiger partial charge is 0.460 e. The van der Waals surface area contributed by atoms with Crippen LogP contribution >= 0.6 is 11.6 Å². The van der Waals surface area contributed by atoms with Gasteiger partial charge in [-0.25, -0.2) is 9.97 Å². The molecule has 92 valence electrons. The van der Waals surface area contributed by atoms with Crippen LogP contribution in [0.3, 0.4) is 0 Å². The molecule has 0 saturated carbocycles. The Morgan fingerprint density at radius 2 is 1.82 bits per heavy atom. The van der Waals surface area contributed by atoms with Crippen molar-refractivity contribution < 1.29 is 4.74 Å². The number of hydrogen-bond donors (Lipinski definition) is 0. The molecule has 0 N–H and O–H groups in total. The maximum Gasteiger partial charge on any atom is 0.316 e. The molecule has 0 radical (unpaired) electrons. The van der Waals surface area contributed by atoms with Gasteiger partial charge in [-0.1, -0.05) is 11.6 Å². The highest BCUT2D eigenvalue weighted by molar-refractivity contribution is 6.30. The third kappa shape index (κ3) is 2.24. The fourth-order valence-electron chi connectivity index (χ4n) is 2.97. The second-order valence-electron chi connectivity index (χ2n) is 4.95. The minimum Gasteiger partial charge on any atom is -0.460 e. The molecule has 2 bridgehead atoms. The zero-order chi connectivity index (χ0) is 11.8. The van der Waals surface area contributed by atoms with E-state index in [1.165, 1.54) is 12.8 Å². The molecule has 2 aliphatic rings. The zero-order valence-electron chi connectivity index (χ0n) is 9.84. The third-order valence-corrected chi connectivity index (χ3v) is 4.12. The molecule has 3 heterocycles. The van der Waals surface area contributed by atoms with Gasteiger partial charge in [0.1, 0.15) is 6.10 Å². The minimum absolute atomic E-state index is 0.255. The Balaban J connectivity index is 1.65. The molecule has 17 heavy (non-hydrogen) atoms. The summed E-state index contributed by atoms with van der Waals surface area (Å²) in [4.78, 5) is 10.7. The number of hydrogen-bond acceptors (Lipinski definition) is 4. The lowest BCUT2D eigenvalue weighted by Gasteiger charge is -2.35. The van der Waals surface area contributed by atoms with Gasteiger partial charge in [0.15, 0.2) is 0 Å². The van der Waals surface area contributed by atoms with E-state index in [0.29, 0.717) is 23.1 Å². The van der Waals surface area contributed by atoms with Crippen LogP contribution < -0.4 is 4.74 Å². The lowest BCUT2D eigenvalue weighted by atomic mass is 10.0. The van der Waals surface area contributed by atoms with Gasteiger partial charge in [0.2, 0.25) is 0 Å². The van der Waals surface area contributed by atoms with Gasteiger partial charge < -0.3 is 9.64 Å². The molecule has 2 saturated heterocycles. The van der Waals surface area contributed by atoms with Crippen LogP contribution in [-0.4, -0.2) is 40.1 Å². The molecular weight excluding hydrogens is 238 g/mol. The molecule has 2 aliphatic heterocycles. The van der Waals surface area contributed by atoms with E-state index in [2.05, 4.69) is 21.9 Å². The van der Waals surface area contributed by atoms with Crippen LogP contribution in [0.25, 0.3) is 0 Å². The van der Waals surface area contributed by atoms with Crippen molar-refractivity contribution in [1.82, 2.24) is 14.9 Å². The van der Waals surface area contributed by atoms with Gasteiger partial charge in [0, 0.05) is 24.9 Å². The van der Waals surface area contributed by atoms with E-state index in [-0.39, 0.29) is 6.10 Å². The summed E-state index contributed by atoms with van der Waals surface area (Å²) in [6.45, 7) is 0. The van der Waals surface area contributed by atoms with Crippen molar-refractivity contribution in [3.8, 4) is 6.01 Å².